The van der Waals surface area contributed by atoms with Gasteiger partial charge in [0.1, 0.15) is 10.9 Å². The summed E-state index contributed by atoms with van der Waals surface area (Å²) in [5.41, 5.74) is 0.790. The van der Waals surface area contributed by atoms with Crippen LogP contribution in [0.3, 0.4) is 0 Å². The second-order valence-electron chi connectivity index (χ2n) is 4.24. The number of halogens is 1. The Kier molecular flexibility index (Phi) is 3.25. The Morgan fingerprint density at radius 3 is 3.06 bits per heavy atom. The molecule has 94 valence electrons. The average molecular weight is 344 g/mol. The van der Waals surface area contributed by atoms with Crippen LogP contribution in [0, 0.1) is 0 Å². The fraction of sp³-hybridized carbons (Fsp3) is 0.333. The number of carboxylic acid groups (broad SMARTS) is 1. The number of aliphatic carboxylic acids is 1. The zero-order chi connectivity index (χ0) is 12.7. The lowest BCUT2D eigenvalue weighted by molar-refractivity contribution is -0.139. The summed E-state index contributed by atoms with van der Waals surface area (Å²) >= 11 is 6.70. The molecule has 0 radical (unpaired) electrons. The zero-order valence-corrected chi connectivity index (χ0v) is 12.6. The van der Waals surface area contributed by atoms with Gasteiger partial charge in [0.15, 0.2) is 0 Å². The third kappa shape index (κ3) is 2.13. The number of hydrogen-bond acceptors (Lipinski definition) is 4. The minimum absolute atomic E-state index is 0.415. The molecule has 0 aliphatic heterocycles. The molecule has 0 aromatic carbocycles. The van der Waals surface area contributed by atoms with Gasteiger partial charge < -0.3 is 5.11 Å². The average Bonchev–Trinajstić information content (AvgIpc) is 2.93. The molecule has 0 fully saturated rings. The van der Waals surface area contributed by atoms with Crippen molar-refractivity contribution < 1.29 is 9.90 Å². The Bertz CT molecular complexity index is 605. The molecule has 0 spiro atoms. The van der Waals surface area contributed by atoms with Crippen molar-refractivity contribution in [2.24, 2.45) is 0 Å². The van der Waals surface area contributed by atoms with Crippen LogP contribution in [0.2, 0.25) is 0 Å². The van der Waals surface area contributed by atoms with Crippen molar-refractivity contribution in [3.8, 4) is 9.88 Å². The lowest BCUT2D eigenvalue weighted by Gasteiger charge is -2.16. The van der Waals surface area contributed by atoms with Crippen molar-refractivity contribution in [2.75, 3.05) is 0 Å². The Hall–Kier alpha value is -0.720. The molecule has 2 heterocycles. The number of carbonyl (C=O) groups is 1. The molecule has 1 aliphatic rings. The van der Waals surface area contributed by atoms with Gasteiger partial charge in [-0.05, 0) is 41.3 Å². The van der Waals surface area contributed by atoms with E-state index in [9.17, 15) is 9.90 Å². The van der Waals surface area contributed by atoms with Gasteiger partial charge >= 0.3 is 5.97 Å². The van der Waals surface area contributed by atoms with E-state index in [-0.39, 0.29) is 0 Å². The highest BCUT2D eigenvalue weighted by Crippen LogP contribution is 2.40. The van der Waals surface area contributed by atoms with Gasteiger partial charge in [0, 0.05) is 14.7 Å². The number of carboxylic acids is 1. The molecule has 1 atom stereocenters. The normalized spacial score (nSPS) is 18.6. The third-order valence-electron chi connectivity index (χ3n) is 3.03. The van der Waals surface area contributed by atoms with E-state index in [0.29, 0.717) is 6.42 Å². The summed E-state index contributed by atoms with van der Waals surface area (Å²) in [7, 11) is 0. The van der Waals surface area contributed by atoms with Crippen molar-refractivity contribution in [2.45, 2.75) is 25.2 Å². The second-order valence-corrected chi connectivity index (χ2v) is 7.15. The van der Waals surface area contributed by atoms with E-state index >= 15 is 0 Å². The second kappa shape index (κ2) is 4.75. The number of fused-ring (bicyclic) bond motifs is 1. The summed E-state index contributed by atoms with van der Waals surface area (Å²) in [5, 5.41) is 12.2. The van der Waals surface area contributed by atoms with Crippen molar-refractivity contribution in [1.82, 2.24) is 4.98 Å². The predicted octanol–water partition coefficient (Wildman–Crippen LogP) is 4.14. The maximum atomic E-state index is 11.2. The molecule has 1 unspecified atom stereocenters. The topological polar surface area (TPSA) is 50.2 Å². The van der Waals surface area contributed by atoms with Gasteiger partial charge in [0.2, 0.25) is 0 Å². The van der Waals surface area contributed by atoms with Gasteiger partial charge in [-0.1, -0.05) is 0 Å². The number of hydrogen-bond donors (Lipinski definition) is 1. The first kappa shape index (κ1) is 12.3. The summed E-state index contributed by atoms with van der Waals surface area (Å²) in [6, 6.07) is 2.03. The van der Waals surface area contributed by atoms with E-state index in [4.69, 9.17) is 0 Å². The lowest BCUT2D eigenvalue weighted by Crippen LogP contribution is -2.17. The van der Waals surface area contributed by atoms with Crippen LogP contribution in [0.15, 0.2) is 15.9 Å². The zero-order valence-electron chi connectivity index (χ0n) is 9.35. The number of thiophene rings is 1. The molecule has 0 saturated carbocycles. The van der Waals surface area contributed by atoms with Gasteiger partial charge in [-0.15, -0.1) is 22.7 Å². The number of thiazole rings is 1. The standard InChI is InChI=1S/C12H10BrNO2S2/c13-6-4-9(17-5-6)11-14-10-7(12(15)16)2-1-3-8(10)18-11/h4-5,7H,1-3H2,(H,15,16). The Labute approximate surface area is 121 Å². The largest absolute Gasteiger partial charge is 0.481 e. The first-order valence-electron chi connectivity index (χ1n) is 5.62. The fourth-order valence-corrected chi connectivity index (χ4v) is 4.84. The SMILES string of the molecule is O=C(O)C1CCCc2sc(-c3cc(Br)cs3)nc21. The molecule has 2 aromatic heterocycles. The highest BCUT2D eigenvalue weighted by atomic mass is 79.9. The first-order valence-corrected chi connectivity index (χ1v) is 8.11. The number of aryl methyl sites for hydroxylation is 1. The molecule has 18 heavy (non-hydrogen) atoms. The molecule has 0 saturated heterocycles. The van der Waals surface area contributed by atoms with Crippen LogP contribution >= 0.6 is 38.6 Å². The summed E-state index contributed by atoms with van der Waals surface area (Å²) in [6.07, 6.45) is 2.61. The molecule has 2 aromatic rings. The van der Waals surface area contributed by atoms with Gasteiger partial charge in [-0.3, -0.25) is 4.79 Å². The van der Waals surface area contributed by atoms with E-state index in [1.165, 1.54) is 0 Å². The summed E-state index contributed by atoms with van der Waals surface area (Å²) < 4.78 is 1.05. The monoisotopic (exact) mass is 343 g/mol. The van der Waals surface area contributed by atoms with Gasteiger partial charge in [-0.25, -0.2) is 4.98 Å². The van der Waals surface area contributed by atoms with Crippen molar-refractivity contribution in [3.63, 3.8) is 0 Å². The summed E-state index contributed by atoms with van der Waals surface area (Å²) in [5.74, 6) is -1.16. The van der Waals surface area contributed by atoms with Crippen LogP contribution in [0.25, 0.3) is 9.88 Å². The van der Waals surface area contributed by atoms with Gasteiger partial charge in [0.25, 0.3) is 0 Å². The summed E-state index contributed by atoms with van der Waals surface area (Å²) in [4.78, 5) is 18.0. The van der Waals surface area contributed by atoms with Crippen LogP contribution in [-0.4, -0.2) is 16.1 Å². The minimum Gasteiger partial charge on any atom is -0.481 e. The van der Waals surface area contributed by atoms with Crippen LogP contribution in [0.1, 0.15) is 29.3 Å². The van der Waals surface area contributed by atoms with Crippen LogP contribution < -0.4 is 0 Å². The van der Waals surface area contributed by atoms with Crippen molar-refractivity contribution in [3.05, 3.63) is 26.5 Å². The van der Waals surface area contributed by atoms with Crippen LogP contribution in [-0.2, 0) is 11.2 Å². The molecule has 3 rings (SSSR count). The summed E-state index contributed by atoms with van der Waals surface area (Å²) in [6.45, 7) is 0. The maximum Gasteiger partial charge on any atom is 0.312 e. The maximum absolute atomic E-state index is 11.2. The van der Waals surface area contributed by atoms with E-state index in [1.54, 1.807) is 22.7 Å². The Balaban J connectivity index is 2.03. The van der Waals surface area contributed by atoms with Gasteiger partial charge in [0.05, 0.1) is 10.6 Å². The smallest absolute Gasteiger partial charge is 0.312 e. The highest BCUT2D eigenvalue weighted by molar-refractivity contribution is 9.10. The van der Waals surface area contributed by atoms with Gasteiger partial charge in [-0.2, -0.15) is 0 Å². The first-order chi connectivity index (χ1) is 8.65. The predicted molar refractivity (Wildman–Crippen MR) is 76.4 cm³/mol. The van der Waals surface area contributed by atoms with E-state index in [0.717, 1.165) is 37.8 Å². The molecule has 0 bridgehead atoms. The van der Waals surface area contributed by atoms with E-state index in [2.05, 4.69) is 20.9 Å². The molecule has 1 N–H and O–H groups in total. The van der Waals surface area contributed by atoms with Crippen molar-refractivity contribution in [1.29, 1.82) is 0 Å². The molecule has 3 nitrogen and oxygen atoms in total. The molecule has 6 heteroatoms. The number of rotatable bonds is 2. The van der Waals surface area contributed by atoms with Crippen LogP contribution in [0.5, 0.6) is 0 Å². The molecular formula is C12H10BrNO2S2. The fourth-order valence-electron chi connectivity index (χ4n) is 2.19. The third-order valence-corrected chi connectivity index (χ3v) is 6.02. The Morgan fingerprint density at radius 1 is 1.56 bits per heavy atom. The van der Waals surface area contributed by atoms with Crippen molar-refractivity contribution >= 4 is 44.6 Å². The highest BCUT2D eigenvalue weighted by Gasteiger charge is 2.30. The molecule has 1 aliphatic carbocycles. The van der Waals surface area contributed by atoms with E-state index < -0.39 is 11.9 Å². The number of nitrogens with zero attached hydrogens (tertiary/aromatic N) is 1. The van der Waals surface area contributed by atoms with E-state index in [1.807, 2.05) is 11.4 Å². The van der Waals surface area contributed by atoms with Crippen LogP contribution in [0.4, 0.5) is 0 Å². The quantitative estimate of drug-likeness (QED) is 0.891. The minimum atomic E-state index is -0.750. The Morgan fingerprint density at radius 2 is 2.39 bits per heavy atom. The molecule has 0 amide bonds. The number of aromatic nitrogens is 1. The lowest BCUT2D eigenvalue weighted by atomic mass is 9.91. The molecular weight excluding hydrogens is 334 g/mol.